The predicted molar refractivity (Wildman–Crippen MR) is 80.5 cm³/mol. The molecule has 1 heterocycles. The lowest BCUT2D eigenvalue weighted by atomic mass is 10.0. The monoisotopic (exact) mass is 322 g/mol. The number of halogens is 1. The number of aromatic nitrogens is 3. The van der Waals surface area contributed by atoms with Gasteiger partial charge in [-0.1, -0.05) is 28.9 Å². The lowest BCUT2D eigenvalue weighted by Gasteiger charge is -2.12. The van der Waals surface area contributed by atoms with Crippen molar-refractivity contribution in [3.63, 3.8) is 0 Å². The smallest absolute Gasteiger partial charge is 0.148 e. The number of benzene rings is 1. The molecule has 2 aromatic rings. The standard InChI is InChI=1S/C14H19BrN4/c1-4-12(16)7-11-5-6-13(8-14(11)15)19-10(3)17-9(2)18-19/h5-6,8,12H,4,7,16H2,1-3H3. The number of nitrogens with two attached hydrogens (primary N) is 1. The van der Waals surface area contributed by atoms with Gasteiger partial charge in [0.2, 0.25) is 0 Å². The lowest BCUT2D eigenvalue weighted by molar-refractivity contribution is 0.645. The minimum atomic E-state index is 0.206. The largest absolute Gasteiger partial charge is 0.327 e. The van der Waals surface area contributed by atoms with E-state index in [4.69, 9.17) is 5.73 Å². The van der Waals surface area contributed by atoms with Crippen LogP contribution in [0.25, 0.3) is 5.69 Å². The molecule has 1 atom stereocenters. The average molecular weight is 323 g/mol. The van der Waals surface area contributed by atoms with Crippen molar-refractivity contribution in [2.24, 2.45) is 5.73 Å². The molecule has 0 radical (unpaired) electrons. The van der Waals surface area contributed by atoms with Crippen molar-refractivity contribution in [1.82, 2.24) is 14.8 Å². The Balaban J connectivity index is 2.31. The Hall–Kier alpha value is -1.20. The molecule has 0 saturated heterocycles. The molecule has 4 nitrogen and oxygen atoms in total. The fourth-order valence-corrected chi connectivity index (χ4v) is 2.55. The third-order valence-corrected chi connectivity index (χ3v) is 3.90. The van der Waals surface area contributed by atoms with E-state index in [1.54, 1.807) is 0 Å². The molecule has 0 fully saturated rings. The molecule has 102 valence electrons. The van der Waals surface area contributed by atoms with Crippen LogP contribution in [0.15, 0.2) is 22.7 Å². The van der Waals surface area contributed by atoms with Crippen LogP contribution in [0, 0.1) is 13.8 Å². The second-order valence-corrected chi connectivity index (χ2v) is 5.62. The first kappa shape index (κ1) is 14.2. The fraction of sp³-hybridized carbons (Fsp3) is 0.429. The number of nitrogens with zero attached hydrogens (tertiary/aromatic N) is 3. The van der Waals surface area contributed by atoms with Crippen LogP contribution in [0.3, 0.4) is 0 Å². The van der Waals surface area contributed by atoms with E-state index in [2.05, 4.69) is 51.1 Å². The van der Waals surface area contributed by atoms with Gasteiger partial charge in [-0.15, -0.1) is 0 Å². The summed E-state index contributed by atoms with van der Waals surface area (Å²) >= 11 is 3.62. The maximum absolute atomic E-state index is 6.00. The van der Waals surface area contributed by atoms with Gasteiger partial charge < -0.3 is 5.73 Å². The zero-order chi connectivity index (χ0) is 14.0. The van der Waals surface area contributed by atoms with Crippen LogP contribution >= 0.6 is 15.9 Å². The first-order valence-electron chi connectivity index (χ1n) is 6.46. The van der Waals surface area contributed by atoms with Crippen molar-refractivity contribution in [2.75, 3.05) is 0 Å². The van der Waals surface area contributed by atoms with Crippen LogP contribution in [0.1, 0.15) is 30.6 Å². The average Bonchev–Trinajstić information content (AvgIpc) is 2.71. The van der Waals surface area contributed by atoms with E-state index in [0.717, 1.165) is 34.7 Å². The van der Waals surface area contributed by atoms with Gasteiger partial charge in [0.15, 0.2) is 0 Å². The SMILES string of the molecule is CCC(N)Cc1ccc(-n2nc(C)nc2C)cc1Br. The van der Waals surface area contributed by atoms with Gasteiger partial charge in [0.1, 0.15) is 11.6 Å². The van der Waals surface area contributed by atoms with Gasteiger partial charge in [-0.3, -0.25) is 0 Å². The van der Waals surface area contributed by atoms with E-state index < -0.39 is 0 Å². The first-order valence-corrected chi connectivity index (χ1v) is 7.25. The quantitative estimate of drug-likeness (QED) is 0.941. The zero-order valence-corrected chi connectivity index (χ0v) is 13.1. The highest BCUT2D eigenvalue weighted by atomic mass is 79.9. The molecule has 2 N–H and O–H groups in total. The summed E-state index contributed by atoms with van der Waals surface area (Å²) in [6.45, 7) is 5.95. The Labute approximate surface area is 122 Å². The van der Waals surface area contributed by atoms with Crippen molar-refractivity contribution in [1.29, 1.82) is 0 Å². The Morgan fingerprint density at radius 1 is 1.37 bits per heavy atom. The number of aryl methyl sites for hydroxylation is 2. The maximum atomic E-state index is 6.00. The number of hydrogen-bond donors (Lipinski definition) is 1. The van der Waals surface area contributed by atoms with Gasteiger partial charge >= 0.3 is 0 Å². The van der Waals surface area contributed by atoms with Gasteiger partial charge in [-0.25, -0.2) is 9.67 Å². The van der Waals surface area contributed by atoms with Crippen LogP contribution in [0.2, 0.25) is 0 Å². The predicted octanol–water partition coefficient (Wildman–Crippen LogP) is 2.93. The number of rotatable bonds is 4. The summed E-state index contributed by atoms with van der Waals surface area (Å²) in [5.74, 6) is 1.67. The molecule has 0 aliphatic heterocycles. The molecule has 0 bridgehead atoms. The van der Waals surface area contributed by atoms with Crippen molar-refractivity contribution in [3.05, 3.63) is 39.9 Å². The van der Waals surface area contributed by atoms with Crippen molar-refractivity contribution in [3.8, 4) is 5.69 Å². The molecule has 1 aromatic heterocycles. The topological polar surface area (TPSA) is 56.7 Å². The van der Waals surface area contributed by atoms with Gasteiger partial charge in [0.05, 0.1) is 5.69 Å². The second-order valence-electron chi connectivity index (χ2n) is 4.77. The molecule has 0 aliphatic rings. The normalized spacial score (nSPS) is 12.7. The molecule has 1 aromatic carbocycles. The lowest BCUT2D eigenvalue weighted by Crippen LogP contribution is -2.21. The van der Waals surface area contributed by atoms with Crippen LogP contribution in [-0.2, 0) is 6.42 Å². The van der Waals surface area contributed by atoms with E-state index >= 15 is 0 Å². The molecule has 2 rings (SSSR count). The first-order chi connectivity index (χ1) is 9.01. The molecule has 19 heavy (non-hydrogen) atoms. The second kappa shape index (κ2) is 5.84. The maximum Gasteiger partial charge on any atom is 0.148 e. The third kappa shape index (κ3) is 3.22. The highest BCUT2D eigenvalue weighted by Crippen LogP contribution is 2.22. The molecule has 0 saturated carbocycles. The summed E-state index contributed by atoms with van der Waals surface area (Å²) in [4.78, 5) is 4.32. The summed E-state index contributed by atoms with van der Waals surface area (Å²) in [5.41, 5.74) is 8.24. The van der Waals surface area contributed by atoms with Crippen molar-refractivity contribution in [2.45, 2.75) is 39.7 Å². The minimum Gasteiger partial charge on any atom is -0.327 e. The molecule has 5 heteroatoms. The fourth-order valence-electron chi connectivity index (χ4n) is 2.03. The Bertz CT molecular complexity index is 577. The van der Waals surface area contributed by atoms with E-state index in [-0.39, 0.29) is 6.04 Å². The Morgan fingerprint density at radius 3 is 2.63 bits per heavy atom. The molecule has 0 spiro atoms. The highest BCUT2D eigenvalue weighted by molar-refractivity contribution is 9.10. The van der Waals surface area contributed by atoms with Gasteiger partial charge in [0, 0.05) is 10.5 Å². The minimum absolute atomic E-state index is 0.206. The Morgan fingerprint density at radius 2 is 2.11 bits per heavy atom. The van der Waals surface area contributed by atoms with Gasteiger partial charge in [-0.2, -0.15) is 5.10 Å². The molecule has 1 unspecified atom stereocenters. The molecule has 0 amide bonds. The third-order valence-electron chi connectivity index (χ3n) is 3.16. The van der Waals surface area contributed by atoms with Crippen LogP contribution < -0.4 is 5.73 Å². The summed E-state index contributed by atoms with van der Waals surface area (Å²) in [7, 11) is 0. The van der Waals surface area contributed by atoms with E-state index in [0.29, 0.717) is 0 Å². The summed E-state index contributed by atoms with van der Waals surface area (Å²) in [5, 5.41) is 4.39. The van der Waals surface area contributed by atoms with E-state index in [9.17, 15) is 0 Å². The van der Waals surface area contributed by atoms with Crippen LogP contribution in [0.5, 0.6) is 0 Å². The summed E-state index contributed by atoms with van der Waals surface area (Å²) < 4.78 is 2.92. The molecule has 0 aliphatic carbocycles. The highest BCUT2D eigenvalue weighted by Gasteiger charge is 2.09. The zero-order valence-electron chi connectivity index (χ0n) is 11.5. The van der Waals surface area contributed by atoms with E-state index in [1.165, 1.54) is 5.56 Å². The Kier molecular flexibility index (Phi) is 4.37. The van der Waals surface area contributed by atoms with E-state index in [1.807, 2.05) is 18.5 Å². The van der Waals surface area contributed by atoms with Crippen molar-refractivity contribution >= 4 is 15.9 Å². The van der Waals surface area contributed by atoms with Gasteiger partial charge in [-0.05, 0) is 44.4 Å². The summed E-state index contributed by atoms with van der Waals surface area (Å²) in [6.07, 6.45) is 1.86. The van der Waals surface area contributed by atoms with Gasteiger partial charge in [0.25, 0.3) is 0 Å². The van der Waals surface area contributed by atoms with Crippen LogP contribution in [-0.4, -0.2) is 20.8 Å². The molecular weight excluding hydrogens is 304 g/mol. The number of hydrogen-bond acceptors (Lipinski definition) is 3. The van der Waals surface area contributed by atoms with Crippen LogP contribution in [0.4, 0.5) is 0 Å². The molecular formula is C14H19BrN4. The van der Waals surface area contributed by atoms with Crippen molar-refractivity contribution < 1.29 is 0 Å². The summed E-state index contributed by atoms with van der Waals surface area (Å²) in [6, 6.07) is 6.44.